The molecule has 0 saturated carbocycles. The fourth-order valence-electron chi connectivity index (χ4n) is 4.19. The van der Waals surface area contributed by atoms with Crippen LogP contribution in [0.15, 0.2) is 66.9 Å². The maximum absolute atomic E-state index is 4.84. The fraction of sp³-hybridized carbons (Fsp3) is 0.208. The zero-order valence-electron chi connectivity index (χ0n) is 16.5. The third-order valence-electron chi connectivity index (χ3n) is 5.59. The van der Waals surface area contributed by atoms with Crippen molar-refractivity contribution < 1.29 is 29.6 Å². The number of rotatable bonds is 3. The summed E-state index contributed by atoms with van der Waals surface area (Å²) in [7, 11) is 0. The number of benzene rings is 2. The van der Waals surface area contributed by atoms with Gasteiger partial charge in [-0.15, -0.1) is 5.52 Å². The van der Waals surface area contributed by atoms with Gasteiger partial charge >= 0.3 is 29.6 Å². The summed E-state index contributed by atoms with van der Waals surface area (Å²) in [6, 6.07) is 21.4. The smallest absolute Gasteiger partial charge is 0.661 e. The Morgan fingerprint density at radius 2 is 1.71 bits per heavy atom. The Labute approximate surface area is 188 Å². The number of hydrogen-bond acceptors (Lipinski definition) is 2. The second-order valence-electron chi connectivity index (χ2n) is 7.31. The molecule has 4 heteroatoms. The van der Waals surface area contributed by atoms with Gasteiger partial charge in [0.25, 0.3) is 0 Å². The van der Waals surface area contributed by atoms with Gasteiger partial charge in [-0.05, 0) is 29.5 Å². The number of aromatic nitrogens is 2. The summed E-state index contributed by atoms with van der Waals surface area (Å²) >= 11 is 0. The summed E-state index contributed by atoms with van der Waals surface area (Å²) in [6.45, 7) is 4.03. The molecule has 2 aromatic carbocycles. The number of aryl methyl sites for hydroxylation is 1. The zero-order chi connectivity index (χ0) is 18.2. The normalized spacial score (nSPS) is 13.2. The third-order valence-corrected chi connectivity index (χ3v) is 5.59. The van der Waals surface area contributed by atoms with Gasteiger partial charge < -0.3 is 9.88 Å². The molecular formula is C24H22N3Na. The molecule has 134 valence electrons. The molecule has 28 heavy (non-hydrogen) atoms. The van der Waals surface area contributed by atoms with Crippen LogP contribution < -0.4 is 39.4 Å². The number of pyridine rings is 1. The summed E-state index contributed by atoms with van der Waals surface area (Å²) in [5.74, 6) is 1.08. The van der Waals surface area contributed by atoms with Crippen molar-refractivity contribution in [1.29, 1.82) is 0 Å². The molecule has 0 saturated heterocycles. The molecule has 5 rings (SSSR count). The molecule has 0 fully saturated rings. The van der Waals surface area contributed by atoms with E-state index in [9.17, 15) is 0 Å². The van der Waals surface area contributed by atoms with E-state index in [4.69, 9.17) is 9.97 Å². The Hall–Kier alpha value is -2.07. The summed E-state index contributed by atoms with van der Waals surface area (Å²) in [6.07, 6.45) is 3.86. The summed E-state index contributed by atoms with van der Waals surface area (Å²) in [5.41, 5.74) is 7.65. The Morgan fingerprint density at radius 1 is 0.964 bits per heavy atom. The van der Waals surface area contributed by atoms with Crippen molar-refractivity contribution in [3.63, 3.8) is 0 Å². The number of nitrogens with zero attached hydrogens (tertiary/aromatic N) is 3. The topological polar surface area (TPSA) is 30.2 Å². The van der Waals surface area contributed by atoms with E-state index in [-0.39, 0.29) is 29.6 Å². The molecule has 0 amide bonds. The van der Waals surface area contributed by atoms with Gasteiger partial charge in [-0.25, -0.2) is 4.98 Å². The molecule has 0 spiro atoms. The van der Waals surface area contributed by atoms with Crippen molar-refractivity contribution in [1.82, 2.24) is 9.97 Å². The van der Waals surface area contributed by atoms with Crippen LogP contribution in [0.5, 0.6) is 0 Å². The molecule has 0 bridgehead atoms. The van der Waals surface area contributed by atoms with E-state index in [2.05, 4.69) is 66.4 Å². The molecule has 0 N–H and O–H groups in total. The minimum atomic E-state index is 0. The van der Waals surface area contributed by atoms with E-state index in [0.717, 1.165) is 43.0 Å². The van der Waals surface area contributed by atoms with Crippen molar-refractivity contribution in [3.8, 4) is 0 Å². The van der Waals surface area contributed by atoms with Crippen LogP contribution in [0.4, 0.5) is 5.82 Å². The molecule has 0 unspecified atom stereocenters. The first-order chi connectivity index (χ1) is 13.3. The molecule has 1 aliphatic rings. The maximum atomic E-state index is 4.84. The van der Waals surface area contributed by atoms with Crippen molar-refractivity contribution in [3.05, 3.63) is 94.8 Å². The van der Waals surface area contributed by atoms with Gasteiger partial charge in [0.15, 0.2) is 0 Å². The number of fused-ring (bicyclic) bond motifs is 2. The van der Waals surface area contributed by atoms with E-state index < -0.39 is 0 Å². The van der Waals surface area contributed by atoms with Gasteiger partial charge in [0.05, 0.1) is 0 Å². The Morgan fingerprint density at radius 3 is 2.54 bits per heavy atom. The monoisotopic (exact) mass is 375 g/mol. The quantitative estimate of drug-likeness (QED) is 0.510. The average Bonchev–Trinajstić information content (AvgIpc) is 3.04. The van der Waals surface area contributed by atoms with Crippen LogP contribution in [0.2, 0.25) is 0 Å². The van der Waals surface area contributed by atoms with Gasteiger partial charge in [-0.3, -0.25) is 0 Å². The van der Waals surface area contributed by atoms with Crippen LogP contribution in [-0.2, 0) is 19.4 Å². The number of hydrogen-bond donors (Lipinski definition) is 0. The second kappa shape index (κ2) is 8.12. The van der Waals surface area contributed by atoms with Crippen LogP contribution in [0.25, 0.3) is 10.9 Å². The molecule has 0 aliphatic carbocycles. The van der Waals surface area contributed by atoms with Crippen LogP contribution in [-0.4, -0.2) is 11.5 Å². The van der Waals surface area contributed by atoms with Gasteiger partial charge in [0.1, 0.15) is 5.82 Å². The van der Waals surface area contributed by atoms with E-state index in [1.54, 1.807) is 0 Å². The number of anilines is 1. The predicted molar refractivity (Wildman–Crippen MR) is 110 cm³/mol. The first kappa shape index (κ1) is 19.3. The van der Waals surface area contributed by atoms with Gasteiger partial charge in [-0.2, -0.15) is 5.69 Å². The molecular weight excluding hydrogens is 353 g/mol. The minimum absolute atomic E-state index is 0. The van der Waals surface area contributed by atoms with E-state index in [0.29, 0.717) is 0 Å². The molecule has 3 nitrogen and oxygen atoms in total. The largest absolute Gasteiger partial charge is 1.00 e. The van der Waals surface area contributed by atoms with E-state index in [1.165, 1.54) is 27.6 Å². The Kier molecular flexibility index (Phi) is 5.58. The average molecular weight is 375 g/mol. The molecule has 1 aliphatic heterocycles. The van der Waals surface area contributed by atoms with Gasteiger partial charge in [0, 0.05) is 24.7 Å². The SMILES string of the molecule is Cc1[n-]c2ccnc(N3CCc4ccccc4C3)c2c1Cc1ccccc1.[Na+]. The van der Waals surface area contributed by atoms with Crippen LogP contribution in [0.1, 0.15) is 27.9 Å². The fourth-order valence-corrected chi connectivity index (χ4v) is 4.19. The summed E-state index contributed by atoms with van der Waals surface area (Å²) < 4.78 is 0. The first-order valence-corrected chi connectivity index (χ1v) is 9.56. The molecule has 0 atom stereocenters. The summed E-state index contributed by atoms with van der Waals surface area (Å²) in [5, 5.41) is 1.22. The second-order valence-corrected chi connectivity index (χ2v) is 7.31. The third kappa shape index (κ3) is 3.50. The van der Waals surface area contributed by atoms with Crippen LogP contribution in [0.3, 0.4) is 0 Å². The van der Waals surface area contributed by atoms with Crippen LogP contribution in [0, 0.1) is 6.92 Å². The minimum Gasteiger partial charge on any atom is -0.661 e. The van der Waals surface area contributed by atoms with E-state index in [1.807, 2.05) is 12.3 Å². The summed E-state index contributed by atoms with van der Waals surface area (Å²) in [4.78, 5) is 12.1. The van der Waals surface area contributed by atoms with Gasteiger partial charge in [-0.1, -0.05) is 73.2 Å². The van der Waals surface area contributed by atoms with Crippen molar-refractivity contribution >= 4 is 16.7 Å². The van der Waals surface area contributed by atoms with Gasteiger partial charge in [0.2, 0.25) is 0 Å². The Bertz CT molecular complexity index is 1100. The zero-order valence-corrected chi connectivity index (χ0v) is 18.5. The van der Waals surface area contributed by atoms with Crippen LogP contribution >= 0.6 is 0 Å². The van der Waals surface area contributed by atoms with E-state index >= 15 is 0 Å². The predicted octanol–water partition coefficient (Wildman–Crippen LogP) is 1.66. The van der Waals surface area contributed by atoms with Crippen molar-refractivity contribution in [2.75, 3.05) is 11.4 Å². The van der Waals surface area contributed by atoms with Crippen molar-refractivity contribution in [2.24, 2.45) is 0 Å². The molecule has 2 aromatic heterocycles. The standard InChI is InChI=1S/C24H22N3.Na/c1-17-21(15-18-7-3-2-4-8-18)23-22(26-17)11-13-25-24(23)27-14-12-19-9-5-6-10-20(19)16-27;/h2-11,13H,12,14-16H2,1H3;/q-1;+1. The molecule has 4 aromatic rings. The molecule has 0 radical (unpaired) electrons. The first-order valence-electron chi connectivity index (χ1n) is 9.56. The molecule has 3 heterocycles. The van der Waals surface area contributed by atoms with Crippen molar-refractivity contribution in [2.45, 2.75) is 26.3 Å². The Balaban J connectivity index is 0.00000192. The maximum Gasteiger partial charge on any atom is 1.00 e.